The molecule has 1 aliphatic heterocycles. The van der Waals surface area contributed by atoms with E-state index in [-0.39, 0.29) is 17.3 Å². The number of nitro groups is 1. The van der Waals surface area contributed by atoms with E-state index in [0.29, 0.717) is 35.3 Å². The lowest BCUT2D eigenvalue weighted by Gasteiger charge is -2.26. The predicted octanol–water partition coefficient (Wildman–Crippen LogP) is 4.41. The molecule has 29 heavy (non-hydrogen) atoms. The molecule has 0 spiro atoms. The predicted molar refractivity (Wildman–Crippen MR) is 103 cm³/mol. The van der Waals surface area contributed by atoms with Gasteiger partial charge in [-0.3, -0.25) is 10.1 Å². The largest absolute Gasteiger partial charge is 0.349 e. The van der Waals surface area contributed by atoms with Crippen molar-refractivity contribution >= 4 is 28.1 Å². The number of aromatic nitrogens is 3. The SMILES string of the molecule is O=[N+]([O-])c1cccc2nn3ccc(N4CCC[C@@H]4c4cc(F)ccc4F)nc3c12. The third-order valence-electron chi connectivity index (χ3n) is 5.32. The van der Waals surface area contributed by atoms with Gasteiger partial charge < -0.3 is 4.90 Å². The second-order valence-electron chi connectivity index (χ2n) is 7.00. The molecule has 0 amide bonds. The van der Waals surface area contributed by atoms with Crippen LogP contribution in [0, 0.1) is 21.7 Å². The number of nitro benzene ring substituents is 1. The van der Waals surface area contributed by atoms with Crippen LogP contribution in [0.25, 0.3) is 16.6 Å². The van der Waals surface area contributed by atoms with E-state index >= 15 is 0 Å². The fourth-order valence-electron chi connectivity index (χ4n) is 4.06. The van der Waals surface area contributed by atoms with Gasteiger partial charge in [0.25, 0.3) is 5.69 Å². The molecule has 1 atom stereocenters. The van der Waals surface area contributed by atoms with Crippen LogP contribution in [0.3, 0.4) is 0 Å². The Morgan fingerprint density at radius 3 is 2.86 bits per heavy atom. The molecule has 2 aromatic carbocycles. The molecule has 0 saturated carbocycles. The minimum atomic E-state index is -0.492. The molecule has 9 heteroatoms. The van der Waals surface area contributed by atoms with Crippen molar-refractivity contribution in [2.24, 2.45) is 0 Å². The summed E-state index contributed by atoms with van der Waals surface area (Å²) in [6.07, 6.45) is 3.14. The quantitative estimate of drug-likeness (QED) is 0.379. The molecule has 0 radical (unpaired) electrons. The summed E-state index contributed by atoms with van der Waals surface area (Å²) >= 11 is 0. The summed E-state index contributed by atoms with van der Waals surface area (Å²) in [6, 6.07) is 9.51. The van der Waals surface area contributed by atoms with Crippen LogP contribution in [0.1, 0.15) is 24.4 Å². The molecule has 1 saturated heterocycles. The third kappa shape index (κ3) is 2.77. The first kappa shape index (κ1) is 17.5. The highest BCUT2D eigenvalue weighted by Crippen LogP contribution is 2.37. The number of hydrogen-bond donors (Lipinski definition) is 0. The lowest BCUT2D eigenvalue weighted by molar-refractivity contribution is -0.383. The summed E-state index contributed by atoms with van der Waals surface area (Å²) in [6.45, 7) is 0.623. The first-order valence-electron chi connectivity index (χ1n) is 9.17. The van der Waals surface area contributed by atoms with E-state index in [2.05, 4.69) is 10.1 Å². The second-order valence-corrected chi connectivity index (χ2v) is 7.00. The van der Waals surface area contributed by atoms with Crippen LogP contribution in [0.2, 0.25) is 0 Å². The highest BCUT2D eigenvalue weighted by molar-refractivity contribution is 5.99. The first-order chi connectivity index (χ1) is 14.0. The number of halogens is 2. The summed E-state index contributed by atoms with van der Waals surface area (Å²) < 4.78 is 29.6. The van der Waals surface area contributed by atoms with E-state index in [1.54, 1.807) is 24.4 Å². The van der Waals surface area contributed by atoms with Crippen molar-refractivity contribution in [1.29, 1.82) is 0 Å². The summed E-state index contributed by atoms with van der Waals surface area (Å²) in [5.74, 6) is -0.410. The minimum absolute atomic E-state index is 0.0729. The molecule has 3 heterocycles. The molecule has 7 nitrogen and oxygen atoms in total. The summed E-state index contributed by atoms with van der Waals surface area (Å²) in [7, 11) is 0. The average Bonchev–Trinajstić information content (AvgIpc) is 3.33. The van der Waals surface area contributed by atoms with Gasteiger partial charge in [0.2, 0.25) is 0 Å². The van der Waals surface area contributed by atoms with Crippen LogP contribution >= 0.6 is 0 Å². The van der Waals surface area contributed by atoms with Gasteiger partial charge in [-0.15, -0.1) is 0 Å². The van der Waals surface area contributed by atoms with Gasteiger partial charge in [0.1, 0.15) is 28.4 Å². The molecule has 5 rings (SSSR count). The van der Waals surface area contributed by atoms with Gasteiger partial charge in [-0.1, -0.05) is 6.07 Å². The Balaban J connectivity index is 1.65. The lowest BCUT2D eigenvalue weighted by atomic mass is 10.0. The molecule has 1 fully saturated rings. The van der Waals surface area contributed by atoms with Crippen molar-refractivity contribution in [3.05, 3.63) is 76.0 Å². The monoisotopic (exact) mass is 395 g/mol. The molecule has 0 unspecified atom stereocenters. The van der Waals surface area contributed by atoms with Gasteiger partial charge in [-0.2, -0.15) is 5.10 Å². The molecule has 146 valence electrons. The van der Waals surface area contributed by atoms with Crippen molar-refractivity contribution in [2.45, 2.75) is 18.9 Å². The highest BCUT2D eigenvalue weighted by atomic mass is 19.1. The van der Waals surface area contributed by atoms with E-state index in [9.17, 15) is 18.9 Å². The molecule has 2 aromatic heterocycles. The zero-order valence-corrected chi connectivity index (χ0v) is 15.1. The Hall–Kier alpha value is -3.62. The highest BCUT2D eigenvalue weighted by Gasteiger charge is 2.30. The molecule has 1 aliphatic rings. The average molecular weight is 395 g/mol. The number of hydrogen-bond acceptors (Lipinski definition) is 5. The van der Waals surface area contributed by atoms with Crippen LogP contribution in [0.15, 0.2) is 48.7 Å². The van der Waals surface area contributed by atoms with Crippen molar-refractivity contribution in [3.63, 3.8) is 0 Å². The van der Waals surface area contributed by atoms with E-state index in [1.165, 1.54) is 16.6 Å². The van der Waals surface area contributed by atoms with E-state index < -0.39 is 16.6 Å². The van der Waals surface area contributed by atoms with Crippen LogP contribution in [-0.2, 0) is 0 Å². The van der Waals surface area contributed by atoms with Gasteiger partial charge in [0.05, 0.1) is 11.0 Å². The fraction of sp³-hybridized carbons (Fsp3) is 0.200. The Bertz CT molecular complexity index is 1270. The maximum absolute atomic E-state index is 14.4. The number of rotatable bonds is 3. The van der Waals surface area contributed by atoms with Gasteiger partial charge in [0, 0.05) is 24.4 Å². The number of nitrogens with zero attached hydrogens (tertiary/aromatic N) is 5. The Labute approximate surface area is 163 Å². The van der Waals surface area contributed by atoms with E-state index in [0.717, 1.165) is 18.6 Å². The van der Waals surface area contributed by atoms with Crippen LogP contribution < -0.4 is 4.90 Å². The first-order valence-corrected chi connectivity index (χ1v) is 9.17. The van der Waals surface area contributed by atoms with Crippen molar-refractivity contribution < 1.29 is 13.7 Å². The van der Waals surface area contributed by atoms with Gasteiger partial charge in [-0.05, 0) is 43.2 Å². The molecule has 0 bridgehead atoms. The standard InChI is InChI=1S/C20H15F2N5O2/c21-12-6-7-14(22)13(11-12)16-5-2-9-25(16)18-8-10-26-20(23-18)19-15(24-26)3-1-4-17(19)27(28)29/h1,3-4,6-8,10-11,16H,2,5,9H2/t16-/m1/s1. The van der Waals surface area contributed by atoms with Crippen LogP contribution in [-0.4, -0.2) is 26.1 Å². The lowest BCUT2D eigenvalue weighted by Crippen LogP contribution is -2.24. The minimum Gasteiger partial charge on any atom is -0.349 e. The maximum Gasteiger partial charge on any atom is 0.282 e. The number of anilines is 1. The zero-order valence-electron chi connectivity index (χ0n) is 15.1. The number of benzene rings is 2. The molecule has 4 aromatic rings. The van der Waals surface area contributed by atoms with E-state index in [1.807, 2.05) is 4.90 Å². The van der Waals surface area contributed by atoms with Crippen molar-refractivity contribution in [3.8, 4) is 0 Å². The Morgan fingerprint density at radius 2 is 2.03 bits per heavy atom. The molecule has 0 N–H and O–H groups in total. The fourth-order valence-corrected chi connectivity index (χ4v) is 4.06. The Morgan fingerprint density at radius 1 is 1.17 bits per heavy atom. The van der Waals surface area contributed by atoms with Crippen LogP contribution in [0.5, 0.6) is 0 Å². The van der Waals surface area contributed by atoms with Crippen molar-refractivity contribution in [1.82, 2.24) is 14.6 Å². The summed E-state index contributed by atoms with van der Waals surface area (Å²) in [5, 5.41) is 16.2. The van der Waals surface area contributed by atoms with Gasteiger partial charge >= 0.3 is 0 Å². The number of non-ortho nitro benzene ring substituents is 1. The van der Waals surface area contributed by atoms with Crippen LogP contribution in [0.4, 0.5) is 20.3 Å². The maximum atomic E-state index is 14.4. The molecule has 0 aliphatic carbocycles. The smallest absolute Gasteiger partial charge is 0.282 e. The van der Waals surface area contributed by atoms with Gasteiger partial charge in [-0.25, -0.2) is 18.3 Å². The van der Waals surface area contributed by atoms with E-state index in [4.69, 9.17) is 0 Å². The normalized spacial score (nSPS) is 16.8. The summed E-state index contributed by atoms with van der Waals surface area (Å²) in [5.41, 5.74) is 1.04. The molecular weight excluding hydrogens is 380 g/mol. The molecular formula is C20H15F2N5O2. The van der Waals surface area contributed by atoms with Crippen molar-refractivity contribution in [2.75, 3.05) is 11.4 Å². The second kappa shape index (κ2) is 6.47. The van der Waals surface area contributed by atoms with Gasteiger partial charge in [0.15, 0.2) is 5.65 Å². The third-order valence-corrected chi connectivity index (χ3v) is 5.32. The number of fused-ring (bicyclic) bond motifs is 3. The topological polar surface area (TPSA) is 76.6 Å². The zero-order chi connectivity index (χ0) is 20.1. The Kier molecular flexibility index (Phi) is 3.90. The summed E-state index contributed by atoms with van der Waals surface area (Å²) in [4.78, 5) is 17.5.